The molecule has 0 spiro atoms. The third kappa shape index (κ3) is 3.47. The fourth-order valence-electron chi connectivity index (χ4n) is 3.74. The van der Waals surface area contributed by atoms with Crippen molar-refractivity contribution < 1.29 is 4.84 Å². The van der Waals surface area contributed by atoms with E-state index in [4.69, 9.17) is 10.6 Å². The minimum Gasteiger partial charge on any atom is -0.381 e. The molecule has 0 atom stereocenters. The van der Waals surface area contributed by atoms with Crippen LogP contribution in [0.25, 0.3) is 5.52 Å². The van der Waals surface area contributed by atoms with Crippen LogP contribution in [0.4, 0.5) is 11.5 Å². The largest absolute Gasteiger partial charge is 0.381 e. The molecule has 1 saturated carbocycles. The number of nitriles is 1. The topological polar surface area (TPSA) is 100 Å². The van der Waals surface area contributed by atoms with Crippen molar-refractivity contribution in [3.05, 3.63) is 53.7 Å². The van der Waals surface area contributed by atoms with Crippen LogP contribution in [-0.4, -0.2) is 21.7 Å². The van der Waals surface area contributed by atoms with E-state index in [2.05, 4.69) is 22.0 Å². The maximum absolute atomic E-state index is 9.83. The van der Waals surface area contributed by atoms with Gasteiger partial charge in [-0.25, -0.2) is 10.00 Å². The van der Waals surface area contributed by atoms with Crippen LogP contribution >= 0.6 is 0 Å². The van der Waals surface area contributed by atoms with Gasteiger partial charge in [-0.3, -0.25) is 0 Å². The van der Waals surface area contributed by atoms with Crippen molar-refractivity contribution in [2.75, 3.05) is 10.8 Å². The van der Waals surface area contributed by atoms with Gasteiger partial charge in [-0.05, 0) is 50.8 Å². The minimum absolute atomic E-state index is 0.281. The first kappa shape index (κ1) is 18.1. The molecule has 4 N–H and O–H groups in total. The van der Waals surface area contributed by atoms with Gasteiger partial charge >= 0.3 is 0 Å². The zero-order chi connectivity index (χ0) is 19.5. The Bertz CT molecular complexity index is 999. The summed E-state index contributed by atoms with van der Waals surface area (Å²) >= 11 is 0. The number of nitrogens with zero attached hydrogens (tertiary/aromatic N) is 3. The van der Waals surface area contributed by atoms with E-state index in [1.54, 1.807) is 10.7 Å². The Labute approximate surface area is 164 Å². The molecule has 3 aromatic rings. The first-order chi connectivity index (χ1) is 13.7. The van der Waals surface area contributed by atoms with Crippen LogP contribution in [0, 0.1) is 18.3 Å². The number of pyridine rings is 1. The fraction of sp³-hybridized carbons (Fsp3) is 0.333. The lowest BCUT2D eigenvalue weighted by molar-refractivity contribution is 0.399. The first-order valence-electron chi connectivity index (χ1n) is 9.57. The van der Waals surface area contributed by atoms with Crippen LogP contribution in [0.15, 0.2) is 42.6 Å². The molecule has 2 aromatic heterocycles. The van der Waals surface area contributed by atoms with E-state index < -0.39 is 0 Å². The Morgan fingerprint density at radius 2 is 1.93 bits per heavy atom. The summed E-state index contributed by atoms with van der Waals surface area (Å²) in [6, 6.07) is 14.3. The monoisotopic (exact) mass is 376 g/mol. The third-order valence-electron chi connectivity index (χ3n) is 5.33. The fourth-order valence-corrected chi connectivity index (χ4v) is 3.74. The highest BCUT2D eigenvalue weighted by atomic mass is 16.6. The maximum Gasteiger partial charge on any atom is 0.167 e. The molecular weight excluding hydrogens is 352 g/mol. The summed E-state index contributed by atoms with van der Waals surface area (Å²) in [6.07, 6.45) is 5.68. The molecule has 0 radical (unpaired) electrons. The summed E-state index contributed by atoms with van der Waals surface area (Å²) in [5, 5.41) is 17.8. The van der Waals surface area contributed by atoms with Crippen LogP contribution < -0.4 is 21.4 Å². The van der Waals surface area contributed by atoms with Crippen LogP contribution in [0.5, 0.6) is 5.75 Å². The van der Waals surface area contributed by atoms with Crippen molar-refractivity contribution in [1.82, 2.24) is 9.61 Å². The van der Waals surface area contributed by atoms with E-state index in [-0.39, 0.29) is 6.04 Å². The summed E-state index contributed by atoms with van der Waals surface area (Å²) in [5.74, 6) is 1.39. The highest BCUT2D eigenvalue weighted by molar-refractivity contribution is 5.80. The van der Waals surface area contributed by atoms with Gasteiger partial charge < -0.3 is 15.9 Å². The summed E-state index contributed by atoms with van der Waals surface area (Å²) < 4.78 is 1.71. The molecule has 144 valence electrons. The van der Waals surface area contributed by atoms with Crippen molar-refractivity contribution in [3.63, 3.8) is 0 Å². The highest BCUT2D eigenvalue weighted by Gasteiger charge is 2.23. The Hall–Kier alpha value is -3.24. The molecular formula is C21H24N6O. The van der Waals surface area contributed by atoms with Crippen molar-refractivity contribution in [3.8, 4) is 11.8 Å². The molecule has 1 aromatic carbocycles. The first-order valence-corrected chi connectivity index (χ1v) is 9.57. The second-order valence-electron chi connectivity index (χ2n) is 7.24. The molecule has 0 saturated heterocycles. The molecule has 0 aliphatic heterocycles. The molecule has 7 nitrogen and oxygen atoms in total. The summed E-state index contributed by atoms with van der Waals surface area (Å²) in [5.41, 5.74) is 12.1. The second kappa shape index (κ2) is 7.79. The number of anilines is 2. The van der Waals surface area contributed by atoms with Crippen LogP contribution in [0.3, 0.4) is 0 Å². The van der Waals surface area contributed by atoms with Gasteiger partial charge in [0, 0.05) is 17.6 Å². The van der Waals surface area contributed by atoms with Crippen molar-refractivity contribution in [1.29, 1.82) is 5.26 Å². The van der Waals surface area contributed by atoms with E-state index in [0.29, 0.717) is 23.2 Å². The third-order valence-corrected chi connectivity index (χ3v) is 5.33. The lowest BCUT2D eigenvalue weighted by Gasteiger charge is -2.29. The lowest BCUT2D eigenvalue weighted by atomic mass is 9.91. The van der Waals surface area contributed by atoms with E-state index >= 15 is 0 Å². The summed E-state index contributed by atoms with van der Waals surface area (Å²) in [4.78, 5) is 5.74. The summed E-state index contributed by atoms with van der Waals surface area (Å²) in [7, 11) is 0. The predicted octanol–water partition coefficient (Wildman–Crippen LogP) is 3.60. The van der Waals surface area contributed by atoms with Gasteiger partial charge in [0.05, 0.1) is 17.4 Å². The standard InChI is InChI=1S/C21H24N6O/c1-14-20(25-16-9-7-15(23)8-10-16)18(13-22)19-11-12-24-27(19)21(14)26-28-17-5-3-2-4-6-17/h2-6,11-12,15-16,25-26H,7-10,23H2,1H3. The van der Waals surface area contributed by atoms with Crippen molar-refractivity contribution in [2.24, 2.45) is 5.73 Å². The number of nitrogens with one attached hydrogen (secondary N) is 2. The van der Waals surface area contributed by atoms with Crippen molar-refractivity contribution in [2.45, 2.75) is 44.7 Å². The van der Waals surface area contributed by atoms with Gasteiger partial charge in [0.1, 0.15) is 11.6 Å². The highest BCUT2D eigenvalue weighted by Crippen LogP contribution is 2.33. The molecule has 1 fully saturated rings. The predicted molar refractivity (Wildman–Crippen MR) is 109 cm³/mol. The van der Waals surface area contributed by atoms with Gasteiger partial charge in [0.15, 0.2) is 11.6 Å². The number of benzene rings is 1. The van der Waals surface area contributed by atoms with Crippen LogP contribution in [-0.2, 0) is 0 Å². The number of aromatic nitrogens is 2. The quantitative estimate of drug-likeness (QED) is 0.588. The molecule has 1 aliphatic rings. The molecule has 1 aliphatic carbocycles. The number of fused-ring (bicyclic) bond motifs is 1. The average molecular weight is 376 g/mol. The lowest BCUT2D eigenvalue weighted by Crippen LogP contribution is -2.33. The normalized spacial score (nSPS) is 19.2. The number of hydrogen-bond acceptors (Lipinski definition) is 6. The molecule has 0 bridgehead atoms. The van der Waals surface area contributed by atoms with E-state index in [9.17, 15) is 5.26 Å². The molecule has 4 rings (SSSR count). The van der Waals surface area contributed by atoms with E-state index in [1.165, 1.54) is 0 Å². The summed E-state index contributed by atoms with van der Waals surface area (Å²) in [6.45, 7) is 1.97. The molecule has 2 heterocycles. The zero-order valence-electron chi connectivity index (χ0n) is 15.9. The Kier molecular flexibility index (Phi) is 5.04. The van der Waals surface area contributed by atoms with E-state index in [0.717, 1.165) is 42.5 Å². The maximum atomic E-state index is 9.83. The average Bonchev–Trinajstić information content (AvgIpc) is 3.20. The van der Waals surface area contributed by atoms with E-state index in [1.807, 2.05) is 43.3 Å². The van der Waals surface area contributed by atoms with Gasteiger partial charge in [-0.2, -0.15) is 10.4 Å². The smallest absolute Gasteiger partial charge is 0.167 e. The van der Waals surface area contributed by atoms with Gasteiger partial charge in [-0.1, -0.05) is 18.2 Å². The molecule has 0 unspecified atom stereocenters. The second-order valence-corrected chi connectivity index (χ2v) is 7.24. The SMILES string of the molecule is Cc1c(NC2CCC(N)CC2)c(C#N)c2ccnn2c1NOc1ccccc1. The van der Waals surface area contributed by atoms with Gasteiger partial charge in [-0.15, -0.1) is 0 Å². The van der Waals surface area contributed by atoms with Gasteiger partial charge in [0.2, 0.25) is 0 Å². The molecule has 0 amide bonds. The van der Waals surface area contributed by atoms with Crippen LogP contribution in [0.2, 0.25) is 0 Å². The minimum atomic E-state index is 0.281. The van der Waals surface area contributed by atoms with Gasteiger partial charge in [0.25, 0.3) is 0 Å². The van der Waals surface area contributed by atoms with Crippen LogP contribution in [0.1, 0.15) is 36.8 Å². The van der Waals surface area contributed by atoms with Crippen molar-refractivity contribution >= 4 is 17.0 Å². The Morgan fingerprint density at radius 3 is 2.64 bits per heavy atom. The Balaban J connectivity index is 1.69. The zero-order valence-corrected chi connectivity index (χ0v) is 15.9. The molecule has 7 heteroatoms. The number of para-hydroxylation sites is 1. The number of nitrogens with two attached hydrogens (primary N) is 1. The number of hydrogen-bond donors (Lipinski definition) is 3. The Morgan fingerprint density at radius 1 is 1.18 bits per heavy atom. The number of rotatable bonds is 5. The molecule has 28 heavy (non-hydrogen) atoms.